The third kappa shape index (κ3) is 27.7. The first-order valence-electron chi connectivity index (χ1n) is 14.1. The summed E-state index contributed by atoms with van der Waals surface area (Å²) in [6.45, 7) is 7.74. The Hall–Kier alpha value is -0.260. The zero-order valence-electron chi connectivity index (χ0n) is 21.0. The fourth-order valence-corrected chi connectivity index (χ4v) is 4.39. The molecule has 0 aliphatic rings. The van der Waals surface area contributed by atoms with Gasteiger partial charge in [-0.25, -0.2) is 0 Å². The first-order chi connectivity index (χ1) is 14.9. The number of hydrogen-bond acceptors (Lipinski definition) is 0. The number of rotatable bonds is 26. The van der Waals surface area contributed by atoms with Crippen molar-refractivity contribution in [1.29, 1.82) is 0 Å². The summed E-state index contributed by atoms with van der Waals surface area (Å²) in [6.07, 6.45) is 41.3. The van der Waals surface area contributed by atoms with E-state index in [-0.39, 0.29) is 0 Å². The molecule has 0 saturated carbocycles. The first kappa shape index (κ1) is 29.7. The maximum Gasteiger partial charge on any atom is -0.0351 e. The summed E-state index contributed by atoms with van der Waals surface area (Å²) in [5.41, 5.74) is 0. The average molecular weight is 419 g/mol. The molecular formula is C30H58. The van der Waals surface area contributed by atoms with Crippen molar-refractivity contribution < 1.29 is 0 Å². The van der Waals surface area contributed by atoms with Crippen molar-refractivity contribution in [2.45, 2.75) is 167 Å². The lowest BCUT2D eigenvalue weighted by molar-refractivity contribution is 0.517. The zero-order chi connectivity index (χ0) is 21.8. The second kappa shape index (κ2) is 28.7. The van der Waals surface area contributed by atoms with Gasteiger partial charge in [-0.2, -0.15) is 0 Å². The highest BCUT2D eigenvalue weighted by molar-refractivity contribution is 4.81. The van der Waals surface area contributed by atoms with E-state index in [0.717, 1.165) is 12.8 Å². The van der Waals surface area contributed by atoms with Crippen molar-refractivity contribution in [3.8, 4) is 0 Å². The lowest BCUT2D eigenvalue weighted by atomic mass is 10.0. The highest BCUT2D eigenvalue weighted by atomic mass is 14.0. The SMILES string of the molecule is [CH2]C/C=C/CCCCCCCCCCCCCCCCCCCCCCCCC[CH2]. The van der Waals surface area contributed by atoms with Crippen molar-refractivity contribution in [2.75, 3.05) is 0 Å². The van der Waals surface area contributed by atoms with Crippen LogP contribution in [-0.2, 0) is 0 Å². The topological polar surface area (TPSA) is 0 Å². The van der Waals surface area contributed by atoms with Crippen molar-refractivity contribution in [3.05, 3.63) is 26.0 Å². The van der Waals surface area contributed by atoms with Gasteiger partial charge in [-0.05, 0) is 26.2 Å². The molecule has 0 heterocycles. The summed E-state index contributed by atoms with van der Waals surface area (Å²) in [6, 6.07) is 0. The Morgan fingerprint density at radius 3 is 0.833 bits per heavy atom. The lowest BCUT2D eigenvalue weighted by Crippen LogP contribution is -1.84. The molecule has 30 heavy (non-hydrogen) atoms. The summed E-state index contributed by atoms with van der Waals surface area (Å²) in [5.74, 6) is 0. The first-order valence-corrected chi connectivity index (χ1v) is 14.1. The molecule has 2 radical (unpaired) electrons. The van der Waals surface area contributed by atoms with Gasteiger partial charge in [0.25, 0.3) is 0 Å². The van der Waals surface area contributed by atoms with Crippen LogP contribution in [0.2, 0.25) is 0 Å². The van der Waals surface area contributed by atoms with E-state index >= 15 is 0 Å². The van der Waals surface area contributed by atoms with Crippen LogP contribution in [0.5, 0.6) is 0 Å². The van der Waals surface area contributed by atoms with Gasteiger partial charge in [-0.15, -0.1) is 0 Å². The second-order valence-electron chi connectivity index (χ2n) is 9.53. The third-order valence-electron chi connectivity index (χ3n) is 6.45. The van der Waals surface area contributed by atoms with Crippen molar-refractivity contribution >= 4 is 0 Å². The molecule has 0 bridgehead atoms. The molecule has 0 aliphatic carbocycles. The van der Waals surface area contributed by atoms with E-state index in [0.29, 0.717) is 0 Å². The van der Waals surface area contributed by atoms with E-state index in [2.05, 4.69) is 26.0 Å². The van der Waals surface area contributed by atoms with Gasteiger partial charge in [-0.1, -0.05) is 167 Å². The van der Waals surface area contributed by atoms with Gasteiger partial charge >= 0.3 is 0 Å². The lowest BCUT2D eigenvalue weighted by Gasteiger charge is -2.04. The van der Waals surface area contributed by atoms with Gasteiger partial charge in [-0.3, -0.25) is 0 Å². The second-order valence-corrected chi connectivity index (χ2v) is 9.53. The Balaban J connectivity index is 2.99. The van der Waals surface area contributed by atoms with Crippen LogP contribution in [0.25, 0.3) is 0 Å². The van der Waals surface area contributed by atoms with Gasteiger partial charge in [0, 0.05) is 0 Å². The van der Waals surface area contributed by atoms with Gasteiger partial charge in [0.1, 0.15) is 0 Å². The molecule has 0 amide bonds. The fraction of sp³-hybridized carbons (Fsp3) is 0.867. The standard InChI is InChI=1S/C30H58/c1-3-5-7-9-11-13-15-17-19-21-23-25-27-29-30-28-26-24-22-20-18-16-14-12-10-8-6-4-2/h5,7H,1-4,6,8-30H2/b7-5+. The van der Waals surface area contributed by atoms with Gasteiger partial charge in [0.15, 0.2) is 0 Å². The minimum atomic E-state index is 0.943. The molecule has 0 aromatic rings. The van der Waals surface area contributed by atoms with Crippen molar-refractivity contribution in [3.63, 3.8) is 0 Å². The zero-order valence-corrected chi connectivity index (χ0v) is 21.0. The molecule has 0 N–H and O–H groups in total. The Labute approximate surface area is 193 Å². The Morgan fingerprint density at radius 2 is 0.567 bits per heavy atom. The Bertz CT molecular complexity index is 303. The summed E-state index contributed by atoms with van der Waals surface area (Å²) in [4.78, 5) is 0. The van der Waals surface area contributed by atoms with Crippen LogP contribution < -0.4 is 0 Å². The summed E-state index contributed by atoms with van der Waals surface area (Å²) in [5, 5.41) is 0. The molecule has 0 rings (SSSR count). The highest BCUT2D eigenvalue weighted by Gasteiger charge is 1.96. The molecule has 0 unspecified atom stereocenters. The maximum atomic E-state index is 3.92. The minimum Gasteiger partial charge on any atom is -0.0885 e. The van der Waals surface area contributed by atoms with Crippen molar-refractivity contribution in [2.24, 2.45) is 0 Å². The molecule has 0 heteroatoms. The monoisotopic (exact) mass is 418 g/mol. The normalized spacial score (nSPS) is 11.7. The third-order valence-corrected chi connectivity index (χ3v) is 6.45. The van der Waals surface area contributed by atoms with Crippen LogP contribution >= 0.6 is 0 Å². The molecular weight excluding hydrogens is 360 g/mol. The summed E-state index contributed by atoms with van der Waals surface area (Å²) < 4.78 is 0. The van der Waals surface area contributed by atoms with Crippen LogP contribution in [0.3, 0.4) is 0 Å². The largest absolute Gasteiger partial charge is 0.0885 e. The van der Waals surface area contributed by atoms with E-state index in [9.17, 15) is 0 Å². The minimum absolute atomic E-state index is 0.943. The number of unbranched alkanes of at least 4 members (excludes halogenated alkanes) is 24. The molecule has 0 saturated heterocycles. The highest BCUT2D eigenvalue weighted by Crippen LogP contribution is 2.15. The predicted molar refractivity (Wildman–Crippen MR) is 140 cm³/mol. The smallest absolute Gasteiger partial charge is 0.0351 e. The van der Waals surface area contributed by atoms with Crippen LogP contribution in [0.1, 0.15) is 167 Å². The Kier molecular flexibility index (Phi) is 28.5. The van der Waals surface area contributed by atoms with Gasteiger partial charge < -0.3 is 0 Å². The average Bonchev–Trinajstić information content (AvgIpc) is 2.76. The number of allylic oxidation sites excluding steroid dienone is 2. The quantitative estimate of drug-likeness (QED) is 0.0967. The molecule has 0 fully saturated rings. The molecule has 0 aromatic carbocycles. The van der Waals surface area contributed by atoms with Crippen LogP contribution in [0.4, 0.5) is 0 Å². The van der Waals surface area contributed by atoms with Crippen LogP contribution in [0, 0.1) is 13.8 Å². The van der Waals surface area contributed by atoms with E-state index in [1.165, 1.54) is 154 Å². The van der Waals surface area contributed by atoms with Gasteiger partial charge in [0.05, 0.1) is 0 Å². The van der Waals surface area contributed by atoms with E-state index < -0.39 is 0 Å². The molecule has 178 valence electrons. The molecule has 0 aromatic heterocycles. The van der Waals surface area contributed by atoms with E-state index in [1.807, 2.05) is 0 Å². The van der Waals surface area contributed by atoms with Crippen molar-refractivity contribution in [1.82, 2.24) is 0 Å². The van der Waals surface area contributed by atoms with Gasteiger partial charge in [0.2, 0.25) is 0 Å². The molecule has 0 aliphatic heterocycles. The number of hydrogen-bond donors (Lipinski definition) is 0. The van der Waals surface area contributed by atoms with Crippen LogP contribution in [-0.4, -0.2) is 0 Å². The molecule has 0 atom stereocenters. The fourth-order valence-electron chi connectivity index (χ4n) is 4.39. The summed E-state index contributed by atoms with van der Waals surface area (Å²) in [7, 11) is 0. The van der Waals surface area contributed by atoms with Crippen LogP contribution in [0.15, 0.2) is 12.2 Å². The van der Waals surface area contributed by atoms with E-state index in [4.69, 9.17) is 0 Å². The maximum absolute atomic E-state index is 3.92. The predicted octanol–water partition coefficient (Wildman–Crippen LogP) is 11.4. The summed E-state index contributed by atoms with van der Waals surface area (Å²) >= 11 is 0. The van der Waals surface area contributed by atoms with E-state index in [1.54, 1.807) is 0 Å². The molecule has 0 nitrogen and oxygen atoms in total. The Morgan fingerprint density at radius 1 is 0.300 bits per heavy atom. The molecule has 0 spiro atoms.